The van der Waals surface area contributed by atoms with Crippen molar-refractivity contribution < 1.29 is 4.79 Å². The number of piperidine rings is 1. The summed E-state index contributed by atoms with van der Waals surface area (Å²) < 4.78 is 0. The predicted octanol–water partition coefficient (Wildman–Crippen LogP) is 3.78. The molecule has 1 saturated heterocycles. The van der Waals surface area contributed by atoms with Gasteiger partial charge in [-0.2, -0.15) is 0 Å². The van der Waals surface area contributed by atoms with E-state index in [0.29, 0.717) is 29.3 Å². The Bertz CT molecular complexity index is 778. The van der Waals surface area contributed by atoms with E-state index in [1.165, 1.54) is 31.2 Å². The Morgan fingerprint density at radius 1 is 1.07 bits per heavy atom. The minimum absolute atomic E-state index is 0.126. The van der Waals surface area contributed by atoms with Gasteiger partial charge in [-0.1, -0.05) is 37.3 Å². The van der Waals surface area contributed by atoms with Gasteiger partial charge in [0.2, 0.25) is 5.91 Å². The highest BCUT2D eigenvalue weighted by Crippen LogP contribution is 2.70. The van der Waals surface area contributed by atoms with Gasteiger partial charge in [-0.05, 0) is 79.6 Å². The molecule has 7 rings (SSSR count). The molecule has 2 N–H and O–H groups in total. The lowest BCUT2D eigenvalue weighted by Gasteiger charge is -2.65. The lowest BCUT2D eigenvalue weighted by Crippen LogP contribution is -2.63. The van der Waals surface area contributed by atoms with Crippen molar-refractivity contribution >= 4 is 5.91 Å². The van der Waals surface area contributed by atoms with E-state index < -0.39 is 0 Å². The van der Waals surface area contributed by atoms with Crippen LogP contribution in [-0.2, 0) is 10.2 Å². The lowest BCUT2D eigenvalue weighted by molar-refractivity contribution is -0.161. The van der Waals surface area contributed by atoms with Gasteiger partial charge >= 0.3 is 0 Å². The molecular formula is C24H32N2O. The molecule has 0 aromatic heterocycles. The van der Waals surface area contributed by atoms with Gasteiger partial charge in [0.25, 0.3) is 0 Å². The minimum Gasteiger partial charge on any atom is -0.353 e. The predicted molar refractivity (Wildman–Crippen MR) is 106 cm³/mol. The largest absolute Gasteiger partial charge is 0.353 e. The third kappa shape index (κ3) is 2.40. The summed E-state index contributed by atoms with van der Waals surface area (Å²) in [4.78, 5) is 13.7. The summed E-state index contributed by atoms with van der Waals surface area (Å²) in [5.74, 6) is 1.78. The minimum atomic E-state index is -0.126. The molecule has 7 unspecified atom stereocenters. The van der Waals surface area contributed by atoms with Crippen LogP contribution < -0.4 is 10.6 Å². The van der Waals surface area contributed by atoms with E-state index in [1.54, 1.807) is 0 Å². The van der Waals surface area contributed by atoms with E-state index in [9.17, 15) is 4.79 Å². The van der Waals surface area contributed by atoms with Gasteiger partial charge in [0.05, 0.1) is 5.41 Å². The highest BCUT2D eigenvalue weighted by Gasteiger charge is 2.64. The molecule has 6 bridgehead atoms. The molecule has 3 heteroatoms. The van der Waals surface area contributed by atoms with Gasteiger partial charge < -0.3 is 10.6 Å². The van der Waals surface area contributed by atoms with E-state index in [4.69, 9.17) is 0 Å². The van der Waals surface area contributed by atoms with Crippen molar-refractivity contribution in [2.45, 2.75) is 75.8 Å². The fourth-order valence-electron chi connectivity index (χ4n) is 8.62. The summed E-state index contributed by atoms with van der Waals surface area (Å²) >= 11 is 0. The molecule has 6 aliphatic rings. The number of carbonyl (C=O) groups is 1. The van der Waals surface area contributed by atoms with E-state index in [2.05, 4.69) is 47.9 Å². The second-order valence-electron chi connectivity index (χ2n) is 11.2. The highest BCUT2D eigenvalue weighted by atomic mass is 16.2. The molecule has 1 aromatic carbocycles. The first kappa shape index (κ1) is 16.6. The zero-order valence-corrected chi connectivity index (χ0v) is 16.5. The maximum absolute atomic E-state index is 13.7. The van der Waals surface area contributed by atoms with Gasteiger partial charge in [0.15, 0.2) is 0 Å². The van der Waals surface area contributed by atoms with Gasteiger partial charge in [-0.25, -0.2) is 0 Å². The van der Waals surface area contributed by atoms with Crippen molar-refractivity contribution in [3.8, 4) is 0 Å². The van der Waals surface area contributed by atoms with Crippen LogP contribution in [0.15, 0.2) is 30.3 Å². The Balaban J connectivity index is 1.33. The molecule has 6 fully saturated rings. The van der Waals surface area contributed by atoms with Crippen molar-refractivity contribution in [2.24, 2.45) is 22.7 Å². The Morgan fingerprint density at radius 3 is 2.63 bits per heavy atom. The van der Waals surface area contributed by atoms with Gasteiger partial charge in [-0.15, -0.1) is 0 Å². The van der Waals surface area contributed by atoms with Crippen LogP contribution in [0, 0.1) is 22.7 Å². The van der Waals surface area contributed by atoms with E-state index in [0.717, 1.165) is 38.1 Å². The molecular weight excluding hydrogens is 332 g/mol. The summed E-state index contributed by atoms with van der Waals surface area (Å²) in [5.41, 5.74) is 1.92. The first-order valence-corrected chi connectivity index (χ1v) is 11.1. The topological polar surface area (TPSA) is 41.1 Å². The van der Waals surface area contributed by atoms with E-state index in [-0.39, 0.29) is 10.8 Å². The second-order valence-corrected chi connectivity index (χ2v) is 11.2. The fourth-order valence-corrected chi connectivity index (χ4v) is 8.62. The van der Waals surface area contributed by atoms with Crippen LogP contribution >= 0.6 is 0 Å². The summed E-state index contributed by atoms with van der Waals surface area (Å²) in [6.07, 6.45) is 9.59. The number of benzene rings is 1. The summed E-state index contributed by atoms with van der Waals surface area (Å²) in [6, 6.07) is 12.2. The zero-order valence-electron chi connectivity index (χ0n) is 16.5. The number of amides is 1. The average Bonchev–Trinajstić information content (AvgIpc) is 3.23. The Hall–Kier alpha value is -1.35. The normalized spacial score (nSPS) is 49.5. The number of nitrogens with one attached hydrogen (secondary N) is 2. The molecule has 1 amide bonds. The zero-order chi connectivity index (χ0) is 18.3. The third-order valence-electron chi connectivity index (χ3n) is 8.90. The molecule has 3 nitrogen and oxygen atoms in total. The van der Waals surface area contributed by atoms with Gasteiger partial charge in [0, 0.05) is 18.6 Å². The van der Waals surface area contributed by atoms with Gasteiger partial charge in [-0.3, -0.25) is 4.79 Å². The number of rotatable bonds is 3. The Labute approximate surface area is 162 Å². The molecule has 5 saturated carbocycles. The number of hydrogen-bond donors (Lipinski definition) is 2. The van der Waals surface area contributed by atoms with Crippen LogP contribution in [0.1, 0.15) is 63.9 Å². The summed E-state index contributed by atoms with van der Waals surface area (Å²) in [6.45, 7) is 3.57. The van der Waals surface area contributed by atoms with Crippen molar-refractivity contribution in [2.75, 3.05) is 6.54 Å². The van der Waals surface area contributed by atoms with Crippen molar-refractivity contribution in [3.05, 3.63) is 35.9 Å². The highest BCUT2D eigenvalue weighted by molar-refractivity contribution is 5.84. The van der Waals surface area contributed by atoms with E-state index >= 15 is 0 Å². The number of carbonyl (C=O) groups excluding carboxylic acids is 1. The quantitative estimate of drug-likeness (QED) is 0.857. The van der Waals surface area contributed by atoms with Crippen molar-refractivity contribution in [1.82, 2.24) is 10.6 Å². The van der Waals surface area contributed by atoms with Crippen molar-refractivity contribution in [1.29, 1.82) is 0 Å². The van der Waals surface area contributed by atoms with Gasteiger partial charge in [0.1, 0.15) is 0 Å². The monoisotopic (exact) mass is 364 g/mol. The molecule has 0 radical (unpaired) electrons. The number of fused-ring (bicyclic) bond motifs is 2. The first-order valence-electron chi connectivity index (χ1n) is 11.1. The molecule has 1 aromatic rings. The summed E-state index contributed by atoms with van der Waals surface area (Å²) in [5, 5.41) is 7.15. The Morgan fingerprint density at radius 2 is 1.93 bits per heavy atom. The molecule has 7 atom stereocenters. The maximum atomic E-state index is 13.7. The smallest absolute Gasteiger partial charge is 0.226 e. The average molecular weight is 365 g/mol. The molecule has 0 spiro atoms. The van der Waals surface area contributed by atoms with E-state index in [1.807, 2.05) is 0 Å². The van der Waals surface area contributed by atoms with Crippen molar-refractivity contribution in [3.63, 3.8) is 0 Å². The van der Waals surface area contributed by atoms with Crippen LogP contribution in [0.2, 0.25) is 0 Å². The molecule has 5 aliphatic carbocycles. The lowest BCUT2D eigenvalue weighted by atomic mass is 9.38. The molecule has 1 heterocycles. The number of hydrogen-bond acceptors (Lipinski definition) is 2. The molecule has 144 valence electrons. The maximum Gasteiger partial charge on any atom is 0.226 e. The second kappa shape index (κ2) is 5.37. The summed E-state index contributed by atoms with van der Waals surface area (Å²) in [7, 11) is 0. The molecule has 27 heavy (non-hydrogen) atoms. The van der Waals surface area contributed by atoms with Crippen LogP contribution in [0.5, 0.6) is 0 Å². The third-order valence-corrected chi connectivity index (χ3v) is 8.90. The first-order chi connectivity index (χ1) is 13.0. The Kier molecular flexibility index (Phi) is 3.30. The standard InChI is InChI=1S/C24H32N2O/c1-22-9-16-10-23(13-22,18-5-3-2-4-6-18)15-24(11-16,14-22)21(27)26-20-8-19-7-17(20)12-25-19/h2-6,16-17,19-20,25H,7-15H2,1H3,(H,26,27). The van der Waals surface area contributed by atoms with Crippen LogP contribution in [0.4, 0.5) is 0 Å². The van der Waals surface area contributed by atoms with Crippen LogP contribution in [0.25, 0.3) is 0 Å². The fraction of sp³-hybridized carbons (Fsp3) is 0.708. The SMILES string of the molecule is CC12CC3CC(C(=O)NC4CC5CC4CN5)(C1)CC(c1ccccc1)(C3)C2. The molecule has 1 aliphatic heterocycles. The van der Waals surface area contributed by atoms with Crippen LogP contribution in [0.3, 0.4) is 0 Å². The van der Waals surface area contributed by atoms with Crippen LogP contribution in [-0.4, -0.2) is 24.5 Å².